The number of pyridine rings is 1. The third kappa shape index (κ3) is 3.11. The van der Waals surface area contributed by atoms with Gasteiger partial charge in [-0.1, -0.05) is 25.3 Å². The molecule has 0 radical (unpaired) electrons. The van der Waals surface area contributed by atoms with Gasteiger partial charge in [-0.05, 0) is 31.9 Å². The first-order valence-corrected chi connectivity index (χ1v) is 6.78. The second-order valence-electron chi connectivity index (χ2n) is 5.21. The lowest BCUT2D eigenvalue weighted by atomic mass is 9.74. The van der Waals surface area contributed by atoms with Crippen molar-refractivity contribution in [1.29, 1.82) is 5.26 Å². The number of hydrogen-bond acceptors (Lipinski definition) is 3. The maximum atomic E-state index is 12.2. The van der Waals surface area contributed by atoms with Crippen LogP contribution in [0.5, 0.6) is 0 Å². The van der Waals surface area contributed by atoms with Gasteiger partial charge in [-0.15, -0.1) is 0 Å². The number of carbonyl (C=O) groups is 1. The molecule has 1 heterocycles. The van der Waals surface area contributed by atoms with E-state index in [1.807, 2.05) is 25.1 Å². The molecule has 1 aliphatic rings. The molecule has 100 valence electrons. The Morgan fingerprint density at radius 1 is 1.42 bits per heavy atom. The fraction of sp³-hybridized carbons (Fsp3) is 0.533. The number of nitrogens with zero attached hydrogens (tertiary/aromatic N) is 2. The van der Waals surface area contributed by atoms with Gasteiger partial charge in [0.25, 0.3) is 0 Å². The van der Waals surface area contributed by atoms with Crippen molar-refractivity contribution in [3.05, 3.63) is 29.6 Å². The molecule has 2 rings (SSSR count). The second kappa shape index (κ2) is 5.83. The first-order valence-electron chi connectivity index (χ1n) is 6.78. The van der Waals surface area contributed by atoms with Crippen LogP contribution in [0.25, 0.3) is 0 Å². The molecule has 19 heavy (non-hydrogen) atoms. The Kier molecular flexibility index (Phi) is 4.16. The molecule has 1 saturated carbocycles. The quantitative estimate of drug-likeness (QED) is 0.904. The molecule has 0 bridgehead atoms. The van der Waals surface area contributed by atoms with Crippen molar-refractivity contribution in [2.75, 3.05) is 0 Å². The SMILES string of the molecule is Cc1cccc(CNC(=O)C2(C#N)CCCCC2)n1. The van der Waals surface area contributed by atoms with Gasteiger partial charge in [-0.3, -0.25) is 9.78 Å². The van der Waals surface area contributed by atoms with Gasteiger partial charge < -0.3 is 5.32 Å². The molecule has 0 aromatic carbocycles. The molecular weight excluding hydrogens is 238 g/mol. The number of rotatable bonds is 3. The van der Waals surface area contributed by atoms with Crippen LogP contribution < -0.4 is 5.32 Å². The number of nitrogens with one attached hydrogen (secondary N) is 1. The summed E-state index contributed by atoms with van der Waals surface area (Å²) in [6.07, 6.45) is 4.40. The average Bonchev–Trinajstić information content (AvgIpc) is 2.45. The molecule has 0 atom stereocenters. The molecule has 1 amide bonds. The molecule has 1 fully saturated rings. The first kappa shape index (κ1) is 13.5. The first-order chi connectivity index (χ1) is 9.16. The number of aromatic nitrogens is 1. The van der Waals surface area contributed by atoms with E-state index < -0.39 is 5.41 Å². The Labute approximate surface area is 113 Å². The van der Waals surface area contributed by atoms with E-state index in [0.29, 0.717) is 19.4 Å². The summed E-state index contributed by atoms with van der Waals surface area (Å²) in [6.45, 7) is 2.31. The zero-order valence-corrected chi connectivity index (χ0v) is 11.3. The maximum Gasteiger partial charge on any atom is 0.240 e. The van der Waals surface area contributed by atoms with E-state index in [1.54, 1.807) is 0 Å². The smallest absolute Gasteiger partial charge is 0.240 e. The summed E-state index contributed by atoms with van der Waals surface area (Å²) in [7, 11) is 0. The highest BCUT2D eigenvalue weighted by atomic mass is 16.2. The predicted octanol–water partition coefficient (Wildman–Crippen LogP) is 2.48. The number of carbonyl (C=O) groups excluding carboxylic acids is 1. The maximum absolute atomic E-state index is 12.2. The zero-order valence-electron chi connectivity index (χ0n) is 11.3. The van der Waals surface area contributed by atoms with Gasteiger partial charge in [0, 0.05) is 5.69 Å². The molecular formula is C15H19N3O. The molecule has 1 aromatic heterocycles. The van der Waals surface area contributed by atoms with Gasteiger partial charge in [0.05, 0.1) is 18.3 Å². The Bertz CT molecular complexity index is 498. The van der Waals surface area contributed by atoms with E-state index in [2.05, 4.69) is 16.4 Å². The van der Waals surface area contributed by atoms with Gasteiger partial charge >= 0.3 is 0 Å². The summed E-state index contributed by atoms with van der Waals surface area (Å²) in [5.41, 5.74) is 0.943. The van der Waals surface area contributed by atoms with Crippen LogP contribution in [0, 0.1) is 23.7 Å². The number of aryl methyl sites for hydroxylation is 1. The van der Waals surface area contributed by atoms with Gasteiger partial charge in [-0.25, -0.2) is 0 Å². The second-order valence-corrected chi connectivity index (χ2v) is 5.21. The fourth-order valence-corrected chi connectivity index (χ4v) is 2.58. The fourth-order valence-electron chi connectivity index (χ4n) is 2.58. The van der Waals surface area contributed by atoms with Crippen LogP contribution in [0.15, 0.2) is 18.2 Å². The normalized spacial score (nSPS) is 17.5. The highest BCUT2D eigenvalue weighted by Crippen LogP contribution is 2.35. The minimum Gasteiger partial charge on any atom is -0.349 e. The van der Waals surface area contributed by atoms with Crippen molar-refractivity contribution in [3.8, 4) is 6.07 Å². The minimum atomic E-state index is -0.817. The molecule has 1 aliphatic carbocycles. The topological polar surface area (TPSA) is 65.8 Å². The van der Waals surface area contributed by atoms with Crippen LogP contribution >= 0.6 is 0 Å². The average molecular weight is 257 g/mol. The summed E-state index contributed by atoms with van der Waals surface area (Å²) in [5, 5.41) is 12.2. The third-order valence-corrected chi connectivity index (χ3v) is 3.73. The zero-order chi connectivity index (χ0) is 13.7. The highest BCUT2D eigenvalue weighted by Gasteiger charge is 2.39. The summed E-state index contributed by atoms with van der Waals surface area (Å²) in [6, 6.07) is 7.96. The summed E-state index contributed by atoms with van der Waals surface area (Å²) in [5.74, 6) is -0.141. The van der Waals surface area contributed by atoms with Crippen LogP contribution in [-0.4, -0.2) is 10.9 Å². The molecule has 0 unspecified atom stereocenters. The Balaban J connectivity index is 1.99. The van der Waals surface area contributed by atoms with Gasteiger partial charge in [0.2, 0.25) is 5.91 Å². The number of nitriles is 1. The lowest BCUT2D eigenvalue weighted by Crippen LogP contribution is -2.41. The molecule has 0 spiro atoms. The van der Waals surface area contributed by atoms with Crippen molar-refractivity contribution in [3.63, 3.8) is 0 Å². The lowest BCUT2D eigenvalue weighted by molar-refractivity contribution is -0.129. The number of amides is 1. The van der Waals surface area contributed by atoms with Gasteiger partial charge in [-0.2, -0.15) is 5.26 Å². The molecule has 1 aromatic rings. The van der Waals surface area contributed by atoms with E-state index >= 15 is 0 Å². The Hall–Kier alpha value is -1.89. The number of hydrogen-bond donors (Lipinski definition) is 1. The molecule has 0 saturated heterocycles. The van der Waals surface area contributed by atoms with E-state index in [4.69, 9.17) is 0 Å². The molecule has 4 heteroatoms. The van der Waals surface area contributed by atoms with E-state index in [9.17, 15) is 10.1 Å². The van der Waals surface area contributed by atoms with Crippen molar-refractivity contribution >= 4 is 5.91 Å². The molecule has 4 nitrogen and oxygen atoms in total. The Morgan fingerprint density at radius 3 is 2.79 bits per heavy atom. The van der Waals surface area contributed by atoms with E-state index in [-0.39, 0.29) is 5.91 Å². The molecule has 1 N–H and O–H groups in total. The summed E-state index contributed by atoms with van der Waals surface area (Å²) in [4.78, 5) is 16.6. The van der Waals surface area contributed by atoms with Gasteiger partial charge in [0.15, 0.2) is 0 Å². The monoisotopic (exact) mass is 257 g/mol. The lowest BCUT2D eigenvalue weighted by Gasteiger charge is -2.29. The highest BCUT2D eigenvalue weighted by molar-refractivity contribution is 5.85. The van der Waals surface area contributed by atoms with Crippen molar-refractivity contribution in [1.82, 2.24) is 10.3 Å². The van der Waals surface area contributed by atoms with E-state index in [0.717, 1.165) is 30.7 Å². The minimum absolute atomic E-state index is 0.141. The van der Waals surface area contributed by atoms with Crippen LogP contribution in [0.1, 0.15) is 43.5 Å². The summed E-state index contributed by atoms with van der Waals surface area (Å²) >= 11 is 0. The summed E-state index contributed by atoms with van der Waals surface area (Å²) < 4.78 is 0. The van der Waals surface area contributed by atoms with Crippen LogP contribution in [0.4, 0.5) is 0 Å². The van der Waals surface area contributed by atoms with E-state index in [1.165, 1.54) is 0 Å². The van der Waals surface area contributed by atoms with Crippen LogP contribution in [0.3, 0.4) is 0 Å². The van der Waals surface area contributed by atoms with Gasteiger partial charge in [0.1, 0.15) is 5.41 Å². The third-order valence-electron chi connectivity index (χ3n) is 3.73. The van der Waals surface area contributed by atoms with Crippen LogP contribution in [-0.2, 0) is 11.3 Å². The van der Waals surface area contributed by atoms with Crippen LogP contribution in [0.2, 0.25) is 0 Å². The van der Waals surface area contributed by atoms with Crippen molar-refractivity contribution in [2.45, 2.75) is 45.6 Å². The largest absolute Gasteiger partial charge is 0.349 e. The Morgan fingerprint density at radius 2 is 2.16 bits per heavy atom. The van der Waals surface area contributed by atoms with Crippen molar-refractivity contribution < 1.29 is 4.79 Å². The predicted molar refractivity (Wildman–Crippen MR) is 72.0 cm³/mol. The standard InChI is InChI=1S/C15H19N3O/c1-12-6-5-7-13(18-12)10-17-14(19)15(11-16)8-3-2-4-9-15/h5-7H,2-4,8-10H2,1H3,(H,17,19). The molecule has 0 aliphatic heterocycles. The van der Waals surface area contributed by atoms with Crippen molar-refractivity contribution in [2.24, 2.45) is 5.41 Å².